The SMILES string of the molecule is COc1ccc(-c2ncc(C3(C)CC3)o2)cc1. The summed E-state index contributed by atoms with van der Waals surface area (Å²) in [5.74, 6) is 2.54. The van der Waals surface area contributed by atoms with Crippen LogP contribution in [0.2, 0.25) is 0 Å². The fourth-order valence-electron chi connectivity index (χ4n) is 1.85. The number of aromatic nitrogens is 1. The summed E-state index contributed by atoms with van der Waals surface area (Å²) < 4.78 is 10.9. The average molecular weight is 229 g/mol. The molecule has 1 saturated carbocycles. The summed E-state index contributed by atoms with van der Waals surface area (Å²) in [5, 5.41) is 0. The van der Waals surface area contributed by atoms with E-state index >= 15 is 0 Å². The standard InChI is InChI=1S/C14H15NO2/c1-14(7-8-14)12-9-15-13(17-12)10-3-5-11(16-2)6-4-10/h3-6,9H,7-8H2,1-2H3. The molecule has 1 aliphatic rings. The first-order valence-corrected chi connectivity index (χ1v) is 5.82. The lowest BCUT2D eigenvalue weighted by Crippen LogP contribution is -1.95. The van der Waals surface area contributed by atoms with Crippen LogP contribution in [0.5, 0.6) is 5.75 Å². The molecular formula is C14H15NO2. The van der Waals surface area contributed by atoms with Crippen molar-refractivity contribution in [3.8, 4) is 17.2 Å². The van der Waals surface area contributed by atoms with Crippen LogP contribution in [0.15, 0.2) is 34.9 Å². The van der Waals surface area contributed by atoms with Crippen molar-refractivity contribution in [2.45, 2.75) is 25.2 Å². The largest absolute Gasteiger partial charge is 0.497 e. The molecule has 0 amide bonds. The Morgan fingerprint density at radius 3 is 2.53 bits per heavy atom. The number of hydrogen-bond acceptors (Lipinski definition) is 3. The molecule has 1 heterocycles. The second kappa shape index (κ2) is 3.62. The zero-order valence-corrected chi connectivity index (χ0v) is 10.1. The van der Waals surface area contributed by atoms with Gasteiger partial charge in [-0.25, -0.2) is 4.98 Å². The normalized spacial score (nSPS) is 16.8. The average Bonchev–Trinajstić information content (AvgIpc) is 2.94. The first-order valence-electron chi connectivity index (χ1n) is 5.82. The summed E-state index contributed by atoms with van der Waals surface area (Å²) in [6, 6.07) is 7.75. The van der Waals surface area contributed by atoms with Gasteiger partial charge in [0, 0.05) is 11.0 Å². The molecule has 88 valence electrons. The summed E-state index contributed by atoms with van der Waals surface area (Å²) in [6.45, 7) is 2.21. The number of benzene rings is 1. The van der Waals surface area contributed by atoms with Crippen molar-refractivity contribution < 1.29 is 9.15 Å². The van der Waals surface area contributed by atoms with Gasteiger partial charge in [0.2, 0.25) is 5.89 Å². The Bertz CT molecular complexity index is 523. The molecule has 0 radical (unpaired) electrons. The minimum Gasteiger partial charge on any atom is -0.497 e. The van der Waals surface area contributed by atoms with Crippen LogP contribution in [-0.4, -0.2) is 12.1 Å². The third-order valence-corrected chi connectivity index (χ3v) is 3.44. The Morgan fingerprint density at radius 2 is 1.94 bits per heavy atom. The Labute approximate surface area is 100 Å². The van der Waals surface area contributed by atoms with E-state index in [9.17, 15) is 0 Å². The maximum absolute atomic E-state index is 5.82. The zero-order chi connectivity index (χ0) is 11.9. The molecule has 1 aromatic carbocycles. The van der Waals surface area contributed by atoms with Crippen molar-refractivity contribution in [1.29, 1.82) is 0 Å². The van der Waals surface area contributed by atoms with Gasteiger partial charge in [-0.2, -0.15) is 0 Å². The molecule has 0 aliphatic heterocycles. The molecule has 3 heteroatoms. The van der Waals surface area contributed by atoms with Gasteiger partial charge in [-0.15, -0.1) is 0 Å². The molecule has 0 saturated heterocycles. The molecule has 0 N–H and O–H groups in total. The van der Waals surface area contributed by atoms with Gasteiger partial charge < -0.3 is 9.15 Å². The second-order valence-electron chi connectivity index (χ2n) is 4.82. The Balaban J connectivity index is 1.90. The zero-order valence-electron chi connectivity index (χ0n) is 10.1. The third-order valence-electron chi connectivity index (χ3n) is 3.44. The number of methoxy groups -OCH3 is 1. The molecule has 2 aromatic rings. The highest BCUT2D eigenvalue weighted by Gasteiger charge is 2.42. The molecule has 1 aromatic heterocycles. The smallest absolute Gasteiger partial charge is 0.226 e. The predicted octanol–water partition coefficient (Wildman–Crippen LogP) is 3.40. The molecule has 3 rings (SSSR count). The van der Waals surface area contributed by atoms with E-state index in [4.69, 9.17) is 9.15 Å². The van der Waals surface area contributed by atoms with Crippen LogP contribution in [-0.2, 0) is 5.41 Å². The van der Waals surface area contributed by atoms with Gasteiger partial charge in [-0.05, 0) is 37.1 Å². The molecule has 0 bridgehead atoms. The summed E-state index contributed by atoms with van der Waals surface area (Å²) in [7, 11) is 1.66. The van der Waals surface area contributed by atoms with Crippen molar-refractivity contribution in [1.82, 2.24) is 4.98 Å². The lowest BCUT2D eigenvalue weighted by Gasteiger charge is -2.02. The van der Waals surface area contributed by atoms with Gasteiger partial charge in [0.05, 0.1) is 13.3 Å². The maximum Gasteiger partial charge on any atom is 0.226 e. The van der Waals surface area contributed by atoms with Crippen molar-refractivity contribution in [2.24, 2.45) is 0 Å². The highest BCUT2D eigenvalue weighted by Crippen LogP contribution is 2.48. The monoisotopic (exact) mass is 229 g/mol. The van der Waals surface area contributed by atoms with E-state index in [1.165, 1.54) is 12.8 Å². The van der Waals surface area contributed by atoms with Gasteiger partial charge in [-0.3, -0.25) is 0 Å². The van der Waals surface area contributed by atoms with Crippen LogP contribution in [0.4, 0.5) is 0 Å². The number of oxazole rings is 1. The summed E-state index contributed by atoms with van der Waals surface area (Å²) in [5.41, 5.74) is 1.22. The van der Waals surface area contributed by atoms with Crippen LogP contribution in [0, 0.1) is 0 Å². The van der Waals surface area contributed by atoms with Crippen LogP contribution in [0.1, 0.15) is 25.5 Å². The van der Waals surface area contributed by atoms with Gasteiger partial charge in [0.25, 0.3) is 0 Å². The van der Waals surface area contributed by atoms with E-state index in [1.54, 1.807) is 7.11 Å². The molecule has 0 spiro atoms. The quantitative estimate of drug-likeness (QED) is 0.809. The first-order chi connectivity index (χ1) is 8.21. The Hall–Kier alpha value is -1.77. The minimum absolute atomic E-state index is 0.234. The van der Waals surface area contributed by atoms with Crippen molar-refractivity contribution >= 4 is 0 Å². The van der Waals surface area contributed by atoms with E-state index in [0.29, 0.717) is 5.89 Å². The Morgan fingerprint density at radius 1 is 1.24 bits per heavy atom. The predicted molar refractivity (Wildman–Crippen MR) is 65.1 cm³/mol. The van der Waals surface area contributed by atoms with Gasteiger partial charge in [-0.1, -0.05) is 6.92 Å². The van der Waals surface area contributed by atoms with E-state index in [0.717, 1.165) is 17.1 Å². The molecule has 17 heavy (non-hydrogen) atoms. The van der Waals surface area contributed by atoms with Crippen molar-refractivity contribution in [3.05, 3.63) is 36.2 Å². The van der Waals surface area contributed by atoms with E-state index < -0.39 is 0 Å². The van der Waals surface area contributed by atoms with E-state index in [1.807, 2.05) is 30.5 Å². The fraction of sp³-hybridized carbons (Fsp3) is 0.357. The summed E-state index contributed by atoms with van der Waals surface area (Å²) in [4.78, 5) is 4.34. The number of nitrogens with zero attached hydrogens (tertiary/aromatic N) is 1. The molecule has 1 fully saturated rings. The number of ether oxygens (including phenoxy) is 1. The second-order valence-corrected chi connectivity index (χ2v) is 4.82. The van der Waals surface area contributed by atoms with Crippen LogP contribution in [0.25, 0.3) is 11.5 Å². The fourth-order valence-corrected chi connectivity index (χ4v) is 1.85. The van der Waals surface area contributed by atoms with Crippen molar-refractivity contribution in [3.63, 3.8) is 0 Å². The van der Waals surface area contributed by atoms with E-state index in [-0.39, 0.29) is 5.41 Å². The molecule has 0 unspecified atom stereocenters. The minimum atomic E-state index is 0.234. The first kappa shape index (κ1) is 10.4. The maximum atomic E-state index is 5.82. The van der Waals surface area contributed by atoms with E-state index in [2.05, 4.69) is 11.9 Å². The lowest BCUT2D eigenvalue weighted by atomic mass is 10.1. The van der Waals surface area contributed by atoms with Crippen molar-refractivity contribution in [2.75, 3.05) is 7.11 Å². The number of hydrogen-bond donors (Lipinski definition) is 0. The lowest BCUT2D eigenvalue weighted by molar-refractivity contribution is 0.414. The van der Waals surface area contributed by atoms with Gasteiger partial charge in [0.1, 0.15) is 11.5 Å². The van der Waals surface area contributed by atoms with Gasteiger partial charge in [0.15, 0.2) is 0 Å². The molecule has 0 atom stereocenters. The van der Waals surface area contributed by atoms with Crippen LogP contribution in [0.3, 0.4) is 0 Å². The molecule has 3 nitrogen and oxygen atoms in total. The van der Waals surface area contributed by atoms with Crippen LogP contribution < -0.4 is 4.74 Å². The Kier molecular flexibility index (Phi) is 2.21. The summed E-state index contributed by atoms with van der Waals surface area (Å²) >= 11 is 0. The molecular weight excluding hydrogens is 214 g/mol. The third kappa shape index (κ3) is 1.82. The van der Waals surface area contributed by atoms with Crippen LogP contribution >= 0.6 is 0 Å². The van der Waals surface area contributed by atoms with Gasteiger partial charge >= 0.3 is 0 Å². The number of rotatable bonds is 3. The molecule has 1 aliphatic carbocycles. The topological polar surface area (TPSA) is 35.3 Å². The highest BCUT2D eigenvalue weighted by atomic mass is 16.5. The highest BCUT2D eigenvalue weighted by molar-refractivity contribution is 5.54. The summed E-state index contributed by atoms with van der Waals surface area (Å²) in [6.07, 6.45) is 4.25.